The third-order valence-electron chi connectivity index (χ3n) is 6.83. The Morgan fingerprint density at radius 1 is 0.791 bits per heavy atom. The van der Waals surface area contributed by atoms with Crippen molar-refractivity contribution >= 4 is 49.3 Å². The summed E-state index contributed by atoms with van der Waals surface area (Å²) in [5, 5.41) is 0.464. The van der Waals surface area contributed by atoms with Crippen LogP contribution in [0, 0.1) is 3.70 Å². The fourth-order valence-corrected chi connectivity index (χ4v) is 6.66. The number of rotatable bonds is 11. The molecule has 0 bridgehead atoms. The van der Waals surface area contributed by atoms with E-state index in [0.717, 1.165) is 15.1 Å². The predicted octanol–water partition coefficient (Wildman–Crippen LogP) is 6.66. The maximum Gasteiger partial charge on any atom is 0.268 e. The molecule has 6 rings (SSSR count). The summed E-state index contributed by atoms with van der Waals surface area (Å²) >= 11 is 2.05. The molecule has 2 aromatic heterocycles. The van der Waals surface area contributed by atoms with E-state index in [4.69, 9.17) is 9.47 Å². The quantitative estimate of drug-likeness (QED) is 0.111. The summed E-state index contributed by atoms with van der Waals surface area (Å²) in [7, 11) is -4.04. The highest BCUT2D eigenvalue weighted by atomic mass is 127. The first-order valence-electron chi connectivity index (χ1n) is 13.4. The number of aromatic nitrogens is 3. The number of fused-ring (bicyclic) bond motifs is 1. The zero-order chi connectivity index (χ0) is 29.8. The zero-order valence-electron chi connectivity index (χ0n) is 22.8. The molecule has 0 aliphatic rings. The Labute approximate surface area is 262 Å². The van der Waals surface area contributed by atoms with Crippen LogP contribution >= 0.6 is 22.6 Å². The second kappa shape index (κ2) is 12.5. The molecule has 0 radical (unpaired) electrons. The van der Waals surface area contributed by atoms with Gasteiger partial charge in [0.25, 0.3) is 10.0 Å². The molecule has 10 heteroatoms. The van der Waals surface area contributed by atoms with E-state index in [9.17, 15) is 13.2 Å². The largest absolute Gasteiger partial charge is 0.489 e. The van der Waals surface area contributed by atoms with Crippen molar-refractivity contribution < 1.29 is 22.7 Å². The SMILES string of the molecule is O=C(c1cn(S(=O)(=O)c2ccccc2)c2cc(OCc3ccccc3)ccc12)c1nc(I)cn1COCc1ccccc1. The van der Waals surface area contributed by atoms with Crippen LogP contribution in [0.2, 0.25) is 0 Å². The number of benzene rings is 4. The topological polar surface area (TPSA) is 92.4 Å². The number of halogens is 1. The van der Waals surface area contributed by atoms with Crippen molar-refractivity contribution in [3.8, 4) is 5.75 Å². The normalized spacial score (nSPS) is 11.6. The van der Waals surface area contributed by atoms with Crippen LogP contribution in [0.15, 0.2) is 126 Å². The van der Waals surface area contributed by atoms with Crippen molar-refractivity contribution in [3.05, 3.63) is 148 Å². The third-order valence-corrected chi connectivity index (χ3v) is 9.04. The van der Waals surface area contributed by atoms with E-state index in [1.54, 1.807) is 47.2 Å². The number of imidazole rings is 1. The minimum Gasteiger partial charge on any atom is -0.489 e. The van der Waals surface area contributed by atoms with Gasteiger partial charge in [0.1, 0.15) is 22.8 Å². The lowest BCUT2D eigenvalue weighted by atomic mass is 10.1. The molecule has 2 heterocycles. The van der Waals surface area contributed by atoms with Gasteiger partial charge in [-0.3, -0.25) is 4.79 Å². The Hall–Kier alpha value is -4.26. The van der Waals surface area contributed by atoms with Crippen LogP contribution in [0.1, 0.15) is 27.3 Å². The number of ketones is 1. The molecule has 4 aromatic carbocycles. The lowest BCUT2D eigenvalue weighted by Crippen LogP contribution is -2.14. The average molecular weight is 704 g/mol. The van der Waals surface area contributed by atoms with Gasteiger partial charge in [-0.05, 0) is 58.0 Å². The number of ether oxygens (including phenoxy) is 2. The van der Waals surface area contributed by atoms with Gasteiger partial charge < -0.3 is 14.0 Å². The van der Waals surface area contributed by atoms with Gasteiger partial charge in [0, 0.05) is 23.8 Å². The summed E-state index contributed by atoms with van der Waals surface area (Å²) in [5.41, 5.74) is 2.51. The minimum absolute atomic E-state index is 0.102. The summed E-state index contributed by atoms with van der Waals surface area (Å²) in [5.74, 6) is 0.206. The molecule has 0 atom stereocenters. The van der Waals surface area contributed by atoms with Gasteiger partial charge >= 0.3 is 0 Å². The zero-order valence-corrected chi connectivity index (χ0v) is 25.8. The second-order valence-electron chi connectivity index (χ2n) is 9.76. The van der Waals surface area contributed by atoms with Crippen molar-refractivity contribution in [1.82, 2.24) is 13.5 Å². The molecular formula is C33H26IN3O5S. The number of carbonyl (C=O) groups excluding carboxylic acids is 1. The van der Waals surface area contributed by atoms with Crippen molar-refractivity contribution in [2.75, 3.05) is 0 Å². The molecule has 0 amide bonds. The summed E-state index contributed by atoms with van der Waals surface area (Å²) in [6.07, 6.45) is 3.10. The van der Waals surface area contributed by atoms with Gasteiger partial charge in [-0.25, -0.2) is 17.4 Å². The number of nitrogens with zero attached hydrogens (tertiary/aromatic N) is 3. The molecule has 0 saturated heterocycles. The molecule has 6 aromatic rings. The fourth-order valence-electron chi connectivity index (χ4n) is 4.71. The number of hydrogen-bond acceptors (Lipinski definition) is 6. The lowest BCUT2D eigenvalue weighted by molar-refractivity contribution is 0.0610. The van der Waals surface area contributed by atoms with Crippen molar-refractivity contribution in [1.29, 1.82) is 0 Å². The molecule has 0 aliphatic heterocycles. The van der Waals surface area contributed by atoms with Crippen LogP contribution in [0.5, 0.6) is 5.75 Å². The first kappa shape index (κ1) is 28.8. The molecule has 0 N–H and O–H groups in total. The minimum atomic E-state index is -4.04. The summed E-state index contributed by atoms with van der Waals surface area (Å²) in [6, 6.07) is 32.6. The van der Waals surface area contributed by atoms with E-state index in [2.05, 4.69) is 4.98 Å². The van der Waals surface area contributed by atoms with Gasteiger partial charge in [0.2, 0.25) is 5.78 Å². The fraction of sp³-hybridized carbons (Fsp3) is 0.0909. The molecule has 0 saturated carbocycles. The lowest BCUT2D eigenvalue weighted by Gasteiger charge is -2.10. The molecule has 216 valence electrons. The highest BCUT2D eigenvalue weighted by molar-refractivity contribution is 14.1. The Balaban J connectivity index is 1.37. The Morgan fingerprint density at radius 3 is 2.09 bits per heavy atom. The number of carbonyl (C=O) groups is 1. The molecule has 0 unspecified atom stereocenters. The summed E-state index contributed by atoms with van der Waals surface area (Å²) in [6.45, 7) is 0.775. The van der Waals surface area contributed by atoms with Crippen molar-refractivity contribution in [2.45, 2.75) is 24.8 Å². The van der Waals surface area contributed by atoms with E-state index < -0.39 is 15.8 Å². The highest BCUT2D eigenvalue weighted by Crippen LogP contribution is 2.31. The van der Waals surface area contributed by atoms with Gasteiger partial charge in [0.15, 0.2) is 5.82 Å². The average Bonchev–Trinajstić information content (AvgIpc) is 3.61. The smallest absolute Gasteiger partial charge is 0.268 e. The maximum absolute atomic E-state index is 14.0. The van der Waals surface area contributed by atoms with Gasteiger partial charge in [-0.15, -0.1) is 0 Å². The first-order chi connectivity index (χ1) is 20.9. The molecule has 43 heavy (non-hydrogen) atoms. The van der Waals surface area contributed by atoms with Crippen LogP contribution in [0.4, 0.5) is 0 Å². The summed E-state index contributed by atoms with van der Waals surface area (Å²) < 4.78 is 42.9. The molecule has 0 spiro atoms. The predicted molar refractivity (Wildman–Crippen MR) is 171 cm³/mol. The van der Waals surface area contributed by atoms with E-state index >= 15 is 0 Å². The Bertz CT molecular complexity index is 1990. The molecule has 8 nitrogen and oxygen atoms in total. The molecule has 0 fully saturated rings. The maximum atomic E-state index is 14.0. The Kier molecular flexibility index (Phi) is 8.41. The number of hydrogen-bond donors (Lipinski definition) is 0. The van der Waals surface area contributed by atoms with Gasteiger partial charge in [0.05, 0.1) is 22.6 Å². The van der Waals surface area contributed by atoms with Crippen LogP contribution in [0.25, 0.3) is 10.9 Å². The Morgan fingerprint density at radius 2 is 1.42 bits per heavy atom. The molecular weight excluding hydrogens is 677 g/mol. The van der Waals surface area contributed by atoms with Crippen LogP contribution in [-0.2, 0) is 34.7 Å². The highest BCUT2D eigenvalue weighted by Gasteiger charge is 2.27. The van der Waals surface area contributed by atoms with E-state index in [-0.39, 0.29) is 23.0 Å². The van der Waals surface area contributed by atoms with Crippen LogP contribution < -0.4 is 4.74 Å². The first-order valence-corrected chi connectivity index (χ1v) is 15.9. The standard InChI is InChI=1S/C33H26IN3O5S/c34-31-20-36(23-41-21-24-10-4-1-5-11-24)33(35-31)32(38)29-19-37(43(39,40)27-14-8-3-9-15-27)30-18-26(16-17-28(29)30)42-22-25-12-6-2-7-13-25/h1-20H,21-23H2. The van der Waals surface area contributed by atoms with E-state index in [1.807, 2.05) is 83.3 Å². The van der Waals surface area contributed by atoms with Gasteiger partial charge in [-0.2, -0.15) is 0 Å². The van der Waals surface area contributed by atoms with E-state index in [1.165, 1.54) is 18.3 Å². The second-order valence-corrected chi connectivity index (χ2v) is 12.7. The van der Waals surface area contributed by atoms with Crippen LogP contribution in [0.3, 0.4) is 0 Å². The van der Waals surface area contributed by atoms with Crippen LogP contribution in [-0.4, -0.2) is 27.7 Å². The molecule has 0 aliphatic carbocycles. The van der Waals surface area contributed by atoms with Crippen molar-refractivity contribution in [2.24, 2.45) is 0 Å². The summed E-state index contributed by atoms with van der Waals surface area (Å²) in [4.78, 5) is 18.6. The van der Waals surface area contributed by atoms with Gasteiger partial charge in [-0.1, -0.05) is 78.9 Å². The van der Waals surface area contributed by atoms with Crippen molar-refractivity contribution in [3.63, 3.8) is 0 Å². The van der Waals surface area contributed by atoms with E-state index in [0.29, 0.717) is 33.6 Å². The third kappa shape index (κ3) is 6.26. The monoisotopic (exact) mass is 703 g/mol.